The Balaban J connectivity index is 4.17. The van der Waals surface area contributed by atoms with Crippen molar-refractivity contribution in [2.45, 2.75) is 277 Å². The Morgan fingerprint density at radius 2 is 0.648 bits per heavy atom. The lowest BCUT2D eigenvalue weighted by Gasteiger charge is -2.28. The molecule has 0 aliphatic heterocycles. The summed E-state index contributed by atoms with van der Waals surface area (Å²) in [5.74, 6) is -0.868. The molecule has 2 unspecified atom stereocenters. The predicted octanol–water partition coefficient (Wildman–Crippen LogP) is 22.5. The third-order valence-electron chi connectivity index (χ3n) is 14.5. The summed E-state index contributed by atoms with van der Waals surface area (Å²) < 4.78 is 34.2. The molecule has 10 heteroatoms. The van der Waals surface area contributed by atoms with Gasteiger partial charge in [0.1, 0.15) is 19.8 Å². The first-order valence-corrected chi connectivity index (χ1v) is 36.7. The van der Waals surface area contributed by atoms with Crippen LogP contribution in [0.1, 0.15) is 271 Å². The number of likely N-dealkylation sites (N-methyl/N-ethyl adjacent to an activating group) is 1. The van der Waals surface area contributed by atoms with Crippen LogP contribution < -0.4 is 4.89 Å². The lowest BCUT2D eigenvalue weighted by molar-refractivity contribution is -0.870. The fraction of sp³-hybridized carbons (Fsp3) is 0.641. The van der Waals surface area contributed by atoms with Crippen molar-refractivity contribution in [1.29, 1.82) is 0 Å². The standard InChI is InChI=1S/C78H130NO8P/c1-6-8-10-12-14-16-18-20-22-24-26-28-30-31-32-33-34-35-36-37-38-39-40-41-42-43-44-45-46-47-49-51-53-55-57-59-61-63-65-67-69-71-78(81)87-76(75-86-88(82,83)85-73-72-79(3,4)5)74-84-77(80)70-68-66-64-62-60-58-56-54-52-50-48-29-27-25-23-21-19-17-15-13-11-9-7-2/h8,10,14,16,20,22,25-28,31-32,34-35,37-38,40-41,43-44,46-47,51,53,57,59,76H,6-7,9,11-13,15,17-19,21,23-24,29-30,33,36,39,42,45,48-50,52,54-56,58,60-75H2,1-5H3/b10-8-,16-14-,22-20-,27-25-,28-26-,32-31-,35-34-,38-37-,41-40-,44-43-,47-46-,53-51-,59-57-. The number of phosphoric ester groups is 1. The molecule has 0 aromatic carbocycles. The van der Waals surface area contributed by atoms with Crippen LogP contribution in [0.2, 0.25) is 0 Å². The zero-order chi connectivity index (χ0) is 64.1. The van der Waals surface area contributed by atoms with E-state index in [1.807, 2.05) is 21.1 Å². The van der Waals surface area contributed by atoms with E-state index in [9.17, 15) is 19.0 Å². The molecule has 0 aromatic heterocycles. The van der Waals surface area contributed by atoms with Gasteiger partial charge < -0.3 is 27.9 Å². The number of rotatable bonds is 63. The van der Waals surface area contributed by atoms with Crippen LogP contribution in [0.25, 0.3) is 0 Å². The number of allylic oxidation sites excluding steroid dienone is 26. The molecule has 0 saturated carbocycles. The molecule has 0 aliphatic carbocycles. The Morgan fingerprint density at radius 3 is 0.977 bits per heavy atom. The van der Waals surface area contributed by atoms with E-state index in [1.165, 1.54) is 116 Å². The fourth-order valence-electron chi connectivity index (χ4n) is 9.16. The Morgan fingerprint density at radius 1 is 0.364 bits per heavy atom. The summed E-state index contributed by atoms with van der Waals surface area (Å²) in [5, 5.41) is 0. The second-order valence-electron chi connectivity index (χ2n) is 24.2. The number of hydrogen-bond acceptors (Lipinski definition) is 8. The van der Waals surface area contributed by atoms with E-state index in [-0.39, 0.29) is 26.1 Å². The quantitative estimate of drug-likeness (QED) is 0.0195. The number of unbranched alkanes of at least 4 members (excludes halogenated alkanes) is 23. The first kappa shape index (κ1) is 83.6. The molecule has 0 fully saturated rings. The lowest BCUT2D eigenvalue weighted by Crippen LogP contribution is -2.37. The summed E-state index contributed by atoms with van der Waals surface area (Å²) in [4.78, 5) is 38.0. The summed E-state index contributed by atoms with van der Waals surface area (Å²) >= 11 is 0. The van der Waals surface area contributed by atoms with Crippen molar-refractivity contribution in [1.82, 2.24) is 0 Å². The summed E-state index contributed by atoms with van der Waals surface area (Å²) in [5.41, 5.74) is 0. The molecule has 0 bridgehead atoms. The number of carbonyl (C=O) groups excluding carboxylic acids is 2. The number of carbonyl (C=O) groups is 2. The minimum Gasteiger partial charge on any atom is -0.756 e. The molecule has 0 heterocycles. The third-order valence-corrected chi connectivity index (χ3v) is 15.5. The van der Waals surface area contributed by atoms with E-state index in [4.69, 9.17) is 18.5 Å². The molecular weight excluding hydrogens is 1110 g/mol. The molecule has 0 spiro atoms. The van der Waals surface area contributed by atoms with Crippen molar-refractivity contribution < 1.29 is 42.1 Å². The van der Waals surface area contributed by atoms with E-state index < -0.39 is 32.5 Å². The summed E-state index contributed by atoms with van der Waals surface area (Å²) in [6.45, 7) is 4.10. The van der Waals surface area contributed by atoms with Crippen LogP contribution in [0.5, 0.6) is 0 Å². The van der Waals surface area contributed by atoms with Crippen LogP contribution in [0.3, 0.4) is 0 Å². The normalized spacial score (nSPS) is 14.1. The molecule has 0 amide bonds. The minimum absolute atomic E-state index is 0.0436. The first-order chi connectivity index (χ1) is 43.0. The number of ether oxygens (including phenoxy) is 2. The molecule has 0 saturated heterocycles. The molecule has 0 radical (unpaired) electrons. The van der Waals surface area contributed by atoms with Gasteiger partial charge in [-0.1, -0.05) is 287 Å². The van der Waals surface area contributed by atoms with Gasteiger partial charge in [-0.25, -0.2) is 0 Å². The maximum Gasteiger partial charge on any atom is 0.306 e. The zero-order valence-electron chi connectivity index (χ0n) is 56.9. The van der Waals surface area contributed by atoms with Gasteiger partial charge in [-0.15, -0.1) is 0 Å². The molecule has 500 valence electrons. The van der Waals surface area contributed by atoms with Gasteiger partial charge in [0.05, 0.1) is 27.7 Å². The molecule has 0 N–H and O–H groups in total. The van der Waals surface area contributed by atoms with Gasteiger partial charge in [-0.3, -0.25) is 14.2 Å². The Hall–Kier alpha value is -4.37. The Labute approximate surface area is 541 Å². The summed E-state index contributed by atoms with van der Waals surface area (Å²) in [6, 6.07) is 0. The highest BCUT2D eigenvalue weighted by Crippen LogP contribution is 2.38. The second-order valence-corrected chi connectivity index (χ2v) is 25.6. The number of hydrogen-bond donors (Lipinski definition) is 0. The molecule has 9 nitrogen and oxygen atoms in total. The van der Waals surface area contributed by atoms with Crippen LogP contribution in [0, 0.1) is 0 Å². The molecule has 88 heavy (non-hydrogen) atoms. The highest BCUT2D eigenvalue weighted by Gasteiger charge is 2.22. The van der Waals surface area contributed by atoms with Gasteiger partial charge in [0.25, 0.3) is 7.82 Å². The van der Waals surface area contributed by atoms with E-state index >= 15 is 0 Å². The van der Waals surface area contributed by atoms with Crippen LogP contribution in [-0.4, -0.2) is 70.0 Å². The topological polar surface area (TPSA) is 111 Å². The van der Waals surface area contributed by atoms with Crippen molar-refractivity contribution in [3.63, 3.8) is 0 Å². The Bertz CT molecular complexity index is 2040. The van der Waals surface area contributed by atoms with Crippen LogP contribution in [0.15, 0.2) is 158 Å². The highest BCUT2D eigenvalue weighted by atomic mass is 31.2. The van der Waals surface area contributed by atoms with Gasteiger partial charge in [-0.05, 0) is 128 Å². The summed E-state index contributed by atoms with van der Waals surface area (Å²) in [7, 11) is 1.13. The SMILES string of the molecule is CC/C=C\C/C=C\C/C=C\C/C=C\C/C=C\C/C=C\C/C=C\C/C=C\C/C=C\C/C=C\C/C=C\C/C=C\CCCCCCC(=O)OC(COC(=O)CCCCCCCCCCCCC/C=C\CCCCCCCCCC)COP(=O)([O-])OCC[N+](C)(C)C. The number of quaternary nitrogens is 1. The van der Waals surface area contributed by atoms with Crippen molar-refractivity contribution in [3.8, 4) is 0 Å². The van der Waals surface area contributed by atoms with Gasteiger partial charge in [0.2, 0.25) is 0 Å². The van der Waals surface area contributed by atoms with E-state index in [2.05, 4.69) is 172 Å². The van der Waals surface area contributed by atoms with Crippen molar-refractivity contribution >= 4 is 19.8 Å². The number of esters is 2. The predicted molar refractivity (Wildman–Crippen MR) is 378 cm³/mol. The third kappa shape index (κ3) is 70.7. The molecular formula is C78H130NO8P. The lowest BCUT2D eigenvalue weighted by atomic mass is 10.0. The zero-order valence-corrected chi connectivity index (χ0v) is 57.8. The fourth-order valence-corrected chi connectivity index (χ4v) is 9.89. The van der Waals surface area contributed by atoms with Crippen LogP contribution >= 0.6 is 7.82 Å². The van der Waals surface area contributed by atoms with E-state index in [0.29, 0.717) is 17.4 Å². The van der Waals surface area contributed by atoms with Crippen LogP contribution in [-0.2, 0) is 32.7 Å². The molecule has 0 aromatic rings. The van der Waals surface area contributed by atoms with Gasteiger partial charge in [0.15, 0.2) is 6.10 Å². The van der Waals surface area contributed by atoms with E-state index in [1.54, 1.807) is 0 Å². The average molecular weight is 1240 g/mol. The van der Waals surface area contributed by atoms with E-state index in [0.717, 1.165) is 122 Å². The Kier molecular flexibility index (Phi) is 63.7. The molecule has 0 aliphatic rings. The number of phosphoric acid groups is 1. The smallest absolute Gasteiger partial charge is 0.306 e. The van der Waals surface area contributed by atoms with Crippen molar-refractivity contribution in [3.05, 3.63) is 158 Å². The minimum atomic E-state index is -4.66. The molecule has 2 atom stereocenters. The second kappa shape index (κ2) is 67.0. The highest BCUT2D eigenvalue weighted by molar-refractivity contribution is 7.45. The monoisotopic (exact) mass is 1240 g/mol. The maximum atomic E-state index is 12.9. The van der Waals surface area contributed by atoms with Crippen LogP contribution in [0.4, 0.5) is 0 Å². The summed E-state index contributed by atoms with van der Waals surface area (Å²) in [6.07, 6.45) is 100. The van der Waals surface area contributed by atoms with Gasteiger partial charge >= 0.3 is 11.9 Å². The maximum absolute atomic E-state index is 12.9. The number of nitrogens with zero attached hydrogens (tertiary/aromatic N) is 1. The largest absolute Gasteiger partial charge is 0.756 e. The average Bonchev–Trinajstić information content (AvgIpc) is 3.58. The first-order valence-electron chi connectivity index (χ1n) is 35.2. The molecule has 0 rings (SSSR count). The van der Waals surface area contributed by atoms with Gasteiger partial charge in [-0.2, -0.15) is 0 Å². The van der Waals surface area contributed by atoms with Crippen molar-refractivity contribution in [2.24, 2.45) is 0 Å². The van der Waals surface area contributed by atoms with Gasteiger partial charge in [0, 0.05) is 12.8 Å². The van der Waals surface area contributed by atoms with Crippen molar-refractivity contribution in [2.75, 3.05) is 47.5 Å².